The van der Waals surface area contributed by atoms with Gasteiger partial charge in [-0.05, 0) is 55.2 Å². The molecule has 3 fully saturated rings. The Bertz CT molecular complexity index is 709. The minimum atomic E-state index is -0.202. The number of amides is 2. The molecule has 5 nitrogen and oxygen atoms in total. The summed E-state index contributed by atoms with van der Waals surface area (Å²) in [7, 11) is 1.80. The standard InChI is InChI=1S/C21H28ClN3O2/c1-25-18(26)11-17(20(25)12-5-7-16(22)8-6-12)24-21(27)15-9-13-3-2-4-14(10-15)19(13)23/h5-8,13-15,17,19-20H,2-4,9-11,23H2,1H3,(H,24,27). The topological polar surface area (TPSA) is 75.4 Å². The summed E-state index contributed by atoms with van der Waals surface area (Å²) in [6, 6.07) is 7.43. The predicted octanol–water partition coefficient (Wildman–Crippen LogP) is 2.88. The van der Waals surface area contributed by atoms with Crippen molar-refractivity contribution in [1.29, 1.82) is 0 Å². The molecule has 4 atom stereocenters. The number of benzene rings is 1. The van der Waals surface area contributed by atoms with Crippen molar-refractivity contribution in [3.8, 4) is 0 Å². The summed E-state index contributed by atoms with van der Waals surface area (Å²) in [5.74, 6) is 1.10. The van der Waals surface area contributed by atoms with E-state index in [9.17, 15) is 9.59 Å². The highest BCUT2D eigenvalue weighted by molar-refractivity contribution is 6.30. The van der Waals surface area contributed by atoms with E-state index in [2.05, 4.69) is 5.32 Å². The largest absolute Gasteiger partial charge is 0.350 e. The number of fused-ring (bicyclic) bond motifs is 2. The van der Waals surface area contributed by atoms with E-state index >= 15 is 0 Å². The van der Waals surface area contributed by atoms with Crippen molar-refractivity contribution in [1.82, 2.24) is 10.2 Å². The number of hydrogen-bond acceptors (Lipinski definition) is 3. The number of carbonyl (C=O) groups excluding carboxylic acids is 2. The number of nitrogens with two attached hydrogens (primary N) is 1. The summed E-state index contributed by atoms with van der Waals surface area (Å²) in [5, 5.41) is 3.86. The SMILES string of the molecule is CN1C(=O)CC(NC(=O)C2CC3CCCC(C2)C3N)C1c1ccc(Cl)cc1. The summed E-state index contributed by atoms with van der Waals surface area (Å²) in [6.07, 6.45) is 5.61. The number of carbonyl (C=O) groups is 2. The second kappa shape index (κ2) is 7.44. The average Bonchev–Trinajstić information content (AvgIpc) is 2.89. The second-order valence-electron chi connectivity index (χ2n) is 8.52. The Labute approximate surface area is 165 Å². The molecule has 1 heterocycles. The van der Waals surface area contributed by atoms with E-state index in [1.165, 1.54) is 6.42 Å². The predicted molar refractivity (Wildman–Crippen MR) is 105 cm³/mol. The third-order valence-electron chi connectivity index (χ3n) is 6.91. The first kappa shape index (κ1) is 18.8. The number of rotatable bonds is 3. The lowest BCUT2D eigenvalue weighted by Crippen LogP contribution is -2.50. The van der Waals surface area contributed by atoms with E-state index in [1.807, 2.05) is 24.3 Å². The van der Waals surface area contributed by atoms with Crippen LogP contribution >= 0.6 is 11.6 Å². The molecular formula is C21H28ClN3O2. The van der Waals surface area contributed by atoms with Crippen LogP contribution in [-0.4, -0.2) is 35.8 Å². The molecule has 1 aromatic carbocycles. The molecule has 1 aromatic rings. The van der Waals surface area contributed by atoms with Gasteiger partial charge in [0, 0.05) is 30.5 Å². The molecule has 27 heavy (non-hydrogen) atoms. The molecule has 2 saturated carbocycles. The minimum Gasteiger partial charge on any atom is -0.350 e. The molecule has 3 N–H and O–H groups in total. The highest BCUT2D eigenvalue weighted by Gasteiger charge is 2.43. The van der Waals surface area contributed by atoms with Crippen LogP contribution in [0, 0.1) is 17.8 Å². The van der Waals surface area contributed by atoms with Crippen LogP contribution in [0.1, 0.15) is 50.1 Å². The normalized spacial score (nSPS) is 36.0. The molecule has 3 aliphatic rings. The Morgan fingerprint density at radius 2 is 1.81 bits per heavy atom. The fourth-order valence-electron chi connectivity index (χ4n) is 5.42. The van der Waals surface area contributed by atoms with Crippen LogP contribution in [-0.2, 0) is 9.59 Å². The third kappa shape index (κ3) is 3.59. The van der Waals surface area contributed by atoms with E-state index in [-0.39, 0.29) is 35.9 Å². The molecule has 1 aliphatic heterocycles. The van der Waals surface area contributed by atoms with Gasteiger partial charge in [-0.3, -0.25) is 9.59 Å². The van der Waals surface area contributed by atoms with Gasteiger partial charge in [-0.1, -0.05) is 30.2 Å². The lowest BCUT2D eigenvalue weighted by atomic mass is 9.65. The molecule has 2 aliphatic carbocycles. The molecule has 1 saturated heterocycles. The van der Waals surface area contributed by atoms with Crippen molar-refractivity contribution < 1.29 is 9.59 Å². The summed E-state index contributed by atoms with van der Waals surface area (Å²) in [5.41, 5.74) is 7.36. The van der Waals surface area contributed by atoms with Gasteiger partial charge in [0.15, 0.2) is 0 Å². The van der Waals surface area contributed by atoms with E-state index in [0.29, 0.717) is 23.3 Å². The molecule has 0 radical (unpaired) electrons. The molecule has 4 unspecified atom stereocenters. The molecule has 0 spiro atoms. The van der Waals surface area contributed by atoms with E-state index < -0.39 is 0 Å². The highest BCUT2D eigenvalue weighted by Crippen LogP contribution is 2.42. The van der Waals surface area contributed by atoms with Crippen LogP contribution < -0.4 is 11.1 Å². The van der Waals surface area contributed by atoms with Crippen molar-refractivity contribution in [2.45, 2.75) is 56.7 Å². The van der Waals surface area contributed by atoms with Crippen molar-refractivity contribution in [2.75, 3.05) is 7.05 Å². The number of hydrogen-bond donors (Lipinski definition) is 2. The number of nitrogens with one attached hydrogen (secondary N) is 1. The number of halogens is 1. The van der Waals surface area contributed by atoms with E-state index in [4.69, 9.17) is 17.3 Å². The van der Waals surface area contributed by atoms with Crippen molar-refractivity contribution in [3.05, 3.63) is 34.9 Å². The van der Waals surface area contributed by atoms with Gasteiger partial charge in [0.2, 0.25) is 11.8 Å². The van der Waals surface area contributed by atoms with Crippen LogP contribution in [0.4, 0.5) is 0 Å². The van der Waals surface area contributed by atoms with Gasteiger partial charge in [0.05, 0.1) is 12.1 Å². The van der Waals surface area contributed by atoms with E-state index in [0.717, 1.165) is 31.2 Å². The summed E-state index contributed by atoms with van der Waals surface area (Å²) < 4.78 is 0. The number of likely N-dealkylation sites (N-methyl/N-ethyl adjacent to an activating group) is 1. The molecule has 2 bridgehead atoms. The highest BCUT2D eigenvalue weighted by atomic mass is 35.5. The minimum absolute atomic E-state index is 0.0203. The molecular weight excluding hydrogens is 362 g/mol. The van der Waals surface area contributed by atoms with Crippen molar-refractivity contribution in [3.63, 3.8) is 0 Å². The monoisotopic (exact) mass is 389 g/mol. The molecule has 146 valence electrons. The fraction of sp³-hybridized carbons (Fsp3) is 0.619. The molecule has 6 heteroatoms. The van der Waals surface area contributed by atoms with Crippen LogP contribution in [0.25, 0.3) is 0 Å². The van der Waals surface area contributed by atoms with Crippen LogP contribution in [0.3, 0.4) is 0 Å². The third-order valence-corrected chi connectivity index (χ3v) is 7.16. The maximum Gasteiger partial charge on any atom is 0.225 e. The number of nitrogens with zero attached hydrogens (tertiary/aromatic N) is 1. The first-order valence-electron chi connectivity index (χ1n) is 10.0. The van der Waals surface area contributed by atoms with Gasteiger partial charge in [0.1, 0.15) is 0 Å². The fourth-order valence-corrected chi connectivity index (χ4v) is 5.54. The molecule has 2 amide bonds. The summed E-state index contributed by atoms with van der Waals surface area (Å²) in [4.78, 5) is 27.1. The van der Waals surface area contributed by atoms with Gasteiger partial charge in [-0.25, -0.2) is 0 Å². The summed E-state index contributed by atoms with van der Waals surface area (Å²) >= 11 is 6.00. The zero-order valence-electron chi connectivity index (χ0n) is 15.7. The zero-order valence-corrected chi connectivity index (χ0v) is 16.5. The lowest BCUT2D eigenvalue weighted by Gasteiger charge is -2.43. The Balaban J connectivity index is 1.48. The quantitative estimate of drug-likeness (QED) is 0.834. The Morgan fingerprint density at radius 3 is 2.44 bits per heavy atom. The lowest BCUT2D eigenvalue weighted by molar-refractivity contribution is -0.129. The van der Waals surface area contributed by atoms with Crippen molar-refractivity contribution in [2.24, 2.45) is 23.5 Å². The Morgan fingerprint density at radius 1 is 1.19 bits per heavy atom. The van der Waals surface area contributed by atoms with E-state index in [1.54, 1.807) is 11.9 Å². The van der Waals surface area contributed by atoms with Gasteiger partial charge in [-0.15, -0.1) is 0 Å². The first-order chi connectivity index (χ1) is 12.9. The van der Waals surface area contributed by atoms with Gasteiger partial charge < -0.3 is 16.0 Å². The van der Waals surface area contributed by atoms with Gasteiger partial charge >= 0.3 is 0 Å². The average molecular weight is 390 g/mol. The molecule has 4 rings (SSSR count). The smallest absolute Gasteiger partial charge is 0.225 e. The van der Waals surface area contributed by atoms with Crippen LogP contribution in [0.2, 0.25) is 5.02 Å². The zero-order chi connectivity index (χ0) is 19.1. The van der Waals surface area contributed by atoms with Gasteiger partial charge in [0.25, 0.3) is 0 Å². The first-order valence-corrected chi connectivity index (χ1v) is 10.4. The van der Waals surface area contributed by atoms with Crippen LogP contribution in [0.5, 0.6) is 0 Å². The maximum absolute atomic E-state index is 13.0. The molecule has 0 aromatic heterocycles. The van der Waals surface area contributed by atoms with Crippen LogP contribution in [0.15, 0.2) is 24.3 Å². The van der Waals surface area contributed by atoms with Crippen molar-refractivity contribution >= 4 is 23.4 Å². The maximum atomic E-state index is 13.0. The van der Waals surface area contributed by atoms with Gasteiger partial charge in [-0.2, -0.15) is 0 Å². The Hall–Kier alpha value is -1.59. The summed E-state index contributed by atoms with van der Waals surface area (Å²) in [6.45, 7) is 0. The Kier molecular flexibility index (Phi) is 5.17. The number of likely N-dealkylation sites (tertiary alicyclic amines) is 1. The second-order valence-corrected chi connectivity index (χ2v) is 8.95.